The molecule has 1 atom stereocenters. The van der Waals surface area contributed by atoms with Crippen molar-refractivity contribution in [3.05, 3.63) is 92.7 Å². The Balaban J connectivity index is 0.823. The number of piperidine rings is 2. The van der Waals surface area contributed by atoms with E-state index >= 15 is 8.78 Å². The van der Waals surface area contributed by atoms with Gasteiger partial charge in [0.05, 0.1) is 11.2 Å². The molecule has 4 aliphatic rings. The van der Waals surface area contributed by atoms with Gasteiger partial charge in [-0.3, -0.25) is 34.2 Å². The highest BCUT2D eigenvalue weighted by atomic mass is 19.1. The number of nitrogens with one attached hydrogen (secondary N) is 3. The van der Waals surface area contributed by atoms with Crippen LogP contribution in [0.5, 0.6) is 0 Å². The van der Waals surface area contributed by atoms with Crippen molar-refractivity contribution in [1.82, 2.24) is 35.4 Å². The summed E-state index contributed by atoms with van der Waals surface area (Å²) in [5.74, 6) is -2.66. The number of rotatable bonds is 7. The van der Waals surface area contributed by atoms with E-state index in [4.69, 9.17) is 0 Å². The summed E-state index contributed by atoms with van der Waals surface area (Å²) >= 11 is 0. The second-order valence-electron chi connectivity index (χ2n) is 14.3. The number of nitrogens with zero attached hydrogens (tertiary/aromatic N) is 6. The number of aromatic amines is 1. The Morgan fingerprint density at radius 3 is 2.43 bits per heavy atom. The van der Waals surface area contributed by atoms with Crippen LogP contribution in [0.4, 0.5) is 20.2 Å². The minimum Gasteiger partial charge on any atom is -0.371 e. The van der Waals surface area contributed by atoms with Gasteiger partial charge in [-0.1, -0.05) is 6.07 Å². The minimum absolute atomic E-state index is 0.00400. The number of fused-ring (bicyclic) bond motifs is 2. The zero-order chi connectivity index (χ0) is 37.7. The maximum absolute atomic E-state index is 15.3. The Bertz CT molecular complexity index is 2250. The quantitative estimate of drug-likeness (QED) is 0.190. The van der Waals surface area contributed by atoms with Crippen LogP contribution in [-0.4, -0.2) is 99.7 Å². The number of carbonyl (C=O) groups is 4. The number of hydrogen-bond acceptors (Lipinski definition) is 10. The first-order chi connectivity index (χ1) is 26.0. The van der Waals surface area contributed by atoms with Gasteiger partial charge in [0.25, 0.3) is 17.4 Å². The van der Waals surface area contributed by atoms with Gasteiger partial charge in [0.15, 0.2) is 5.82 Å². The fourth-order valence-electron chi connectivity index (χ4n) is 7.85. The molecule has 0 radical (unpaired) electrons. The van der Waals surface area contributed by atoms with E-state index in [9.17, 15) is 24.0 Å². The predicted molar refractivity (Wildman–Crippen MR) is 194 cm³/mol. The van der Waals surface area contributed by atoms with Crippen molar-refractivity contribution in [2.45, 2.75) is 57.8 Å². The molecule has 1 unspecified atom stereocenters. The SMILES string of the molecule is Cc1nc2ccc(CN3CCN(c4ccc(C(=O)NC5CCN(c6ccc7c(c6)CN(C6CCC(=O)NC6=O)C7=O)CC5)nc4F)CC3)c(F)c2[nH]c1=O. The zero-order valence-electron chi connectivity index (χ0n) is 29.7. The van der Waals surface area contributed by atoms with Crippen LogP contribution in [0.3, 0.4) is 0 Å². The topological polar surface area (TPSA) is 164 Å². The van der Waals surface area contributed by atoms with Gasteiger partial charge in [0.2, 0.25) is 17.8 Å². The average Bonchev–Trinajstić information content (AvgIpc) is 3.49. The Kier molecular flexibility index (Phi) is 9.29. The minimum atomic E-state index is -0.732. The molecule has 0 aliphatic carbocycles. The summed E-state index contributed by atoms with van der Waals surface area (Å²) in [5.41, 5.74) is 3.39. The zero-order valence-corrected chi connectivity index (χ0v) is 29.7. The van der Waals surface area contributed by atoms with Crippen molar-refractivity contribution in [3.8, 4) is 0 Å². The second-order valence-corrected chi connectivity index (χ2v) is 14.3. The third kappa shape index (κ3) is 6.77. The van der Waals surface area contributed by atoms with E-state index in [0.717, 1.165) is 11.3 Å². The summed E-state index contributed by atoms with van der Waals surface area (Å²) in [6, 6.07) is 11.3. The highest BCUT2D eigenvalue weighted by molar-refractivity contribution is 6.05. The van der Waals surface area contributed by atoms with Crippen molar-refractivity contribution < 1.29 is 28.0 Å². The smallest absolute Gasteiger partial charge is 0.270 e. The van der Waals surface area contributed by atoms with Crippen molar-refractivity contribution >= 4 is 46.0 Å². The van der Waals surface area contributed by atoms with Crippen LogP contribution in [0, 0.1) is 18.7 Å². The van der Waals surface area contributed by atoms with Gasteiger partial charge in [-0.05, 0) is 68.1 Å². The van der Waals surface area contributed by atoms with Gasteiger partial charge in [-0.15, -0.1) is 0 Å². The molecule has 0 spiro atoms. The van der Waals surface area contributed by atoms with Crippen molar-refractivity contribution in [3.63, 3.8) is 0 Å². The van der Waals surface area contributed by atoms with E-state index in [1.54, 1.807) is 31.2 Å². The van der Waals surface area contributed by atoms with Crippen molar-refractivity contribution in [2.75, 3.05) is 49.1 Å². The molecule has 4 aliphatic heterocycles. The molecule has 8 rings (SSSR count). The molecule has 0 saturated carbocycles. The van der Waals surface area contributed by atoms with E-state index < -0.39 is 35.2 Å². The number of anilines is 2. The van der Waals surface area contributed by atoms with Crippen LogP contribution in [0.25, 0.3) is 11.0 Å². The number of H-pyrrole nitrogens is 1. The number of imide groups is 1. The standard InChI is InChI=1S/C38H39F2N9O5/c1-21-35(51)45-33-27(41-21)5-2-22(32(33)39)19-46-14-16-48(17-15-46)29-7-6-28(43-34(29)40)36(52)42-24-10-12-47(13-11-24)25-3-4-26-23(18-25)20-49(38(26)54)30-8-9-31(50)44-37(30)53/h2-7,18,24,30H,8-17,19-20H2,1H3,(H,42,52)(H,45,51)(H,44,50,53). The highest BCUT2D eigenvalue weighted by Gasteiger charge is 2.39. The molecule has 2 aromatic heterocycles. The predicted octanol–water partition coefficient (Wildman–Crippen LogP) is 2.39. The number of aryl methyl sites for hydroxylation is 1. The summed E-state index contributed by atoms with van der Waals surface area (Å²) < 4.78 is 30.5. The molecule has 280 valence electrons. The molecular weight excluding hydrogens is 700 g/mol. The molecule has 54 heavy (non-hydrogen) atoms. The summed E-state index contributed by atoms with van der Waals surface area (Å²) in [7, 11) is 0. The first kappa shape index (κ1) is 35.3. The molecule has 3 saturated heterocycles. The van der Waals surface area contributed by atoms with Gasteiger partial charge >= 0.3 is 0 Å². The lowest BCUT2D eigenvalue weighted by Crippen LogP contribution is -2.52. The van der Waals surface area contributed by atoms with E-state index in [1.165, 1.54) is 11.0 Å². The molecule has 0 bridgehead atoms. The number of pyridine rings is 1. The van der Waals surface area contributed by atoms with Gasteiger partial charge in [-0.25, -0.2) is 14.4 Å². The van der Waals surface area contributed by atoms with Gasteiger partial charge in [0, 0.05) is 81.6 Å². The Morgan fingerprint density at radius 2 is 1.69 bits per heavy atom. The molecule has 6 heterocycles. The maximum Gasteiger partial charge on any atom is 0.270 e. The Morgan fingerprint density at radius 1 is 0.907 bits per heavy atom. The molecule has 4 aromatic rings. The van der Waals surface area contributed by atoms with Crippen LogP contribution >= 0.6 is 0 Å². The number of benzene rings is 2. The molecule has 4 amide bonds. The first-order valence-corrected chi connectivity index (χ1v) is 18.2. The maximum atomic E-state index is 15.3. The van der Waals surface area contributed by atoms with E-state index in [2.05, 4.69) is 35.4 Å². The largest absolute Gasteiger partial charge is 0.371 e. The second kappa shape index (κ2) is 14.2. The van der Waals surface area contributed by atoms with Crippen LogP contribution in [-0.2, 0) is 22.7 Å². The number of halogens is 2. The van der Waals surface area contributed by atoms with Gasteiger partial charge in [-0.2, -0.15) is 4.39 Å². The van der Waals surface area contributed by atoms with Gasteiger partial charge in [0.1, 0.15) is 22.9 Å². The number of hydrogen-bond donors (Lipinski definition) is 3. The monoisotopic (exact) mass is 739 g/mol. The summed E-state index contributed by atoms with van der Waals surface area (Å²) in [4.78, 5) is 80.5. The lowest BCUT2D eigenvalue weighted by Gasteiger charge is -2.36. The summed E-state index contributed by atoms with van der Waals surface area (Å²) in [6.45, 7) is 5.57. The lowest BCUT2D eigenvalue weighted by molar-refractivity contribution is -0.136. The van der Waals surface area contributed by atoms with E-state index in [1.807, 2.05) is 17.0 Å². The van der Waals surface area contributed by atoms with Crippen LogP contribution in [0.15, 0.2) is 47.3 Å². The molecule has 3 fully saturated rings. The fourth-order valence-corrected chi connectivity index (χ4v) is 7.85. The normalized spacial score (nSPS) is 19.7. The van der Waals surface area contributed by atoms with E-state index in [0.29, 0.717) is 94.0 Å². The highest BCUT2D eigenvalue weighted by Crippen LogP contribution is 2.32. The number of piperazine rings is 1. The summed E-state index contributed by atoms with van der Waals surface area (Å²) in [5, 5.41) is 5.32. The molecule has 3 N–H and O–H groups in total. The number of amides is 4. The molecule has 2 aromatic carbocycles. The van der Waals surface area contributed by atoms with Gasteiger partial charge < -0.3 is 25.0 Å². The first-order valence-electron chi connectivity index (χ1n) is 18.2. The number of carbonyl (C=O) groups excluding carboxylic acids is 4. The number of aromatic nitrogens is 3. The van der Waals surface area contributed by atoms with Crippen LogP contribution in [0.1, 0.15) is 63.4 Å². The fraction of sp³-hybridized carbons (Fsp3) is 0.395. The molecular formula is C38H39F2N9O5. The van der Waals surface area contributed by atoms with Crippen LogP contribution in [0.2, 0.25) is 0 Å². The lowest BCUT2D eigenvalue weighted by atomic mass is 10.0. The van der Waals surface area contributed by atoms with E-state index in [-0.39, 0.29) is 41.2 Å². The average molecular weight is 740 g/mol. The van der Waals surface area contributed by atoms with Crippen molar-refractivity contribution in [1.29, 1.82) is 0 Å². The van der Waals surface area contributed by atoms with Crippen LogP contribution < -0.4 is 26.0 Å². The van der Waals surface area contributed by atoms with Crippen molar-refractivity contribution in [2.24, 2.45) is 0 Å². The molecule has 14 nitrogen and oxygen atoms in total. The molecule has 16 heteroatoms. The third-order valence-corrected chi connectivity index (χ3v) is 10.9. The summed E-state index contributed by atoms with van der Waals surface area (Å²) in [6.07, 6.45) is 1.83. The Hall–Kier alpha value is -5.77. The Labute approximate surface area is 308 Å². The third-order valence-electron chi connectivity index (χ3n) is 10.9.